The topological polar surface area (TPSA) is 93.1 Å². The van der Waals surface area contributed by atoms with Gasteiger partial charge in [-0.25, -0.2) is 15.2 Å². The Balaban J connectivity index is 2.23. The lowest BCUT2D eigenvalue weighted by Crippen LogP contribution is -2.24. The lowest BCUT2D eigenvalue weighted by molar-refractivity contribution is 0.620. The van der Waals surface area contributed by atoms with Gasteiger partial charge in [0.1, 0.15) is 0 Å². The van der Waals surface area contributed by atoms with Crippen LogP contribution in [0.15, 0.2) is 30.5 Å². The van der Waals surface area contributed by atoms with Crippen LogP contribution in [0, 0.1) is 5.82 Å². The predicted molar refractivity (Wildman–Crippen MR) is 68.7 cm³/mol. The molecular formula is C11H13FN6. The standard InChI is InChI=1S/C11H13FN6/c1-18(14)8-4-2-3-7(5-8)16-11-15-6-9(12)10(13)17-11/h2-6H,14H2,1H3,(H3,13,15,16,17). The number of anilines is 4. The number of rotatable bonds is 3. The van der Waals surface area contributed by atoms with Crippen LogP contribution in [-0.2, 0) is 0 Å². The van der Waals surface area contributed by atoms with Gasteiger partial charge in [0.15, 0.2) is 11.6 Å². The van der Waals surface area contributed by atoms with Crippen LogP contribution in [-0.4, -0.2) is 17.0 Å². The fourth-order valence-electron chi connectivity index (χ4n) is 1.37. The maximum Gasteiger partial charge on any atom is 0.229 e. The summed E-state index contributed by atoms with van der Waals surface area (Å²) in [5, 5.41) is 4.39. The van der Waals surface area contributed by atoms with E-state index >= 15 is 0 Å². The monoisotopic (exact) mass is 248 g/mol. The SMILES string of the molecule is CN(N)c1cccc(Nc2ncc(F)c(N)n2)c1. The number of hydrogen-bond donors (Lipinski definition) is 3. The largest absolute Gasteiger partial charge is 0.381 e. The molecule has 94 valence electrons. The zero-order valence-corrected chi connectivity index (χ0v) is 9.76. The Morgan fingerprint density at radius 3 is 2.83 bits per heavy atom. The molecule has 0 atom stereocenters. The van der Waals surface area contributed by atoms with Crippen LogP contribution < -0.4 is 21.9 Å². The molecule has 0 radical (unpaired) electrons. The van der Waals surface area contributed by atoms with Crippen molar-refractivity contribution in [2.45, 2.75) is 0 Å². The van der Waals surface area contributed by atoms with E-state index < -0.39 is 5.82 Å². The number of hydrogen-bond acceptors (Lipinski definition) is 6. The molecule has 0 bridgehead atoms. The van der Waals surface area contributed by atoms with Crippen LogP contribution in [0.1, 0.15) is 0 Å². The second kappa shape index (κ2) is 4.84. The summed E-state index contributed by atoms with van der Waals surface area (Å²) in [5.41, 5.74) is 6.91. The van der Waals surface area contributed by atoms with E-state index in [1.54, 1.807) is 7.05 Å². The first-order valence-electron chi connectivity index (χ1n) is 5.20. The third-order valence-electron chi connectivity index (χ3n) is 2.28. The summed E-state index contributed by atoms with van der Waals surface area (Å²) in [6, 6.07) is 7.30. The van der Waals surface area contributed by atoms with Crippen molar-refractivity contribution in [2.24, 2.45) is 5.84 Å². The van der Waals surface area contributed by atoms with E-state index in [1.165, 1.54) is 5.01 Å². The zero-order valence-electron chi connectivity index (χ0n) is 9.76. The third-order valence-corrected chi connectivity index (χ3v) is 2.28. The minimum atomic E-state index is -0.643. The number of benzene rings is 1. The average molecular weight is 248 g/mol. The van der Waals surface area contributed by atoms with Crippen LogP contribution in [0.2, 0.25) is 0 Å². The number of halogens is 1. The lowest BCUT2D eigenvalue weighted by atomic mass is 10.3. The van der Waals surface area contributed by atoms with Crippen molar-refractivity contribution in [2.75, 3.05) is 23.1 Å². The van der Waals surface area contributed by atoms with E-state index in [2.05, 4.69) is 15.3 Å². The smallest absolute Gasteiger partial charge is 0.229 e. The van der Waals surface area contributed by atoms with Crippen molar-refractivity contribution in [3.63, 3.8) is 0 Å². The molecule has 0 aliphatic carbocycles. The highest BCUT2D eigenvalue weighted by molar-refractivity contribution is 5.61. The van der Waals surface area contributed by atoms with Gasteiger partial charge in [0.2, 0.25) is 5.95 Å². The number of nitrogen functional groups attached to an aromatic ring is 1. The van der Waals surface area contributed by atoms with Crippen LogP contribution in [0.4, 0.5) is 27.5 Å². The number of nitrogens with zero attached hydrogens (tertiary/aromatic N) is 3. The molecule has 0 saturated heterocycles. The highest BCUT2D eigenvalue weighted by Gasteiger charge is 2.04. The molecule has 5 N–H and O–H groups in total. The Kier molecular flexibility index (Phi) is 3.24. The molecule has 0 fully saturated rings. The van der Waals surface area contributed by atoms with Gasteiger partial charge in [0.25, 0.3) is 0 Å². The highest BCUT2D eigenvalue weighted by Crippen LogP contribution is 2.19. The van der Waals surface area contributed by atoms with Gasteiger partial charge in [-0.3, -0.25) is 0 Å². The van der Waals surface area contributed by atoms with Crippen molar-refractivity contribution in [3.05, 3.63) is 36.3 Å². The molecule has 0 saturated carbocycles. The van der Waals surface area contributed by atoms with Gasteiger partial charge < -0.3 is 16.1 Å². The quantitative estimate of drug-likeness (QED) is 0.559. The summed E-state index contributed by atoms with van der Waals surface area (Å²) < 4.78 is 12.9. The normalized spacial score (nSPS) is 10.2. The van der Waals surface area contributed by atoms with Crippen LogP contribution in [0.5, 0.6) is 0 Å². The molecule has 0 aliphatic rings. The van der Waals surface area contributed by atoms with E-state index in [0.717, 1.165) is 17.6 Å². The van der Waals surface area contributed by atoms with E-state index in [9.17, 15) is 4.39 Å². The molecule has 1 heterocycles. The summed E-state index contributed by atoms with van der Waals surface area (Å²) in [5.74, 6) is 5.01. The first-order valence-corrected chi connectivity index (χ1v) is 5.20. The molecule has 0 amide bonds. The fraction of sp³-hybridized carbons (Fsp3) is 0.0909. The average Bonchev–Trinajstić information content (AvgIpc) is 2.34. The van der Waals surface area contributed by atoms with Crippen LogP contribution in [0.3, 0.4) is 0 Å². The zero-order chi connectivity index (χ0) is 13.1. The third kappa shape index (κ3) is 2.64. The molecule has 6 nitrogen and oxygen atoms in total. The number of aromatic nitrogens is 2. The Morgan fingerprint density at radius 1 is 1.39 bits per heavy atom. The Labute approximate surface area is 103 Å². The summed E-state index contributed by atoms with van der Waals surface area (Å²) in [7, 11) is 1.73. The maximum atomic E-state index is 12.9. The second-order valence-corrected chi connectivity index (χ2v) is 3.71. The number of nitrogens with two attached hydrogens (primary N) is 2. The van der Waals surface area contributed by atoms with E-state index in [4.69, 9.17) is 11.6 Å². The van der Waals surface area contributed by atoms with Crippen molar-refractivity contribution >= 4 is 23.1 Å². The van der Waals surface area contributed by atoms with Gasteiger partial charge in [-0.05, 0) is 18.2 Å². The molecular weight excluding hydrogens is 235 g/mol. The van der Waals surface area contributed by atoms with Gasteiger partial charge in [-0.1, -0.05) is 6.07 Å². The van der Waals surface area contributed by atoms with E-state index in [-0.39, 0.29) is 11.8 Å². The summed E-state index contributed by atoms with van der Waals surface area (Å²) in [4.78, 5) is 7.57. The minimum Gasteiger partial charge on any atom is -0.381 e. The highest BCUT2D eigenvalue weighted by atomic mass is 19.1. The Morgan fingerprint density at radius 2 is 2.17 bits per heavy atom. The van der Waals surface area contributed by atoms with Crippen molar-refractivity contribution in [1.82, 2.24) is 9.97 Å². The van der Waals surface area contributed by atoms with Crippen LogP contribution >= 0.6 is 0 Å². The second-order valence-electron chi connectivity index (χ2n) is 3.71. The molecule has 1 aromatic heterocycles. The first-order chi connectivity index (χ1) is 8.56. The molecule has 1 aromatic carbocycles. The maximum absolute atomic E-state index is 12.9. The van der Waals surface area contributed by atoms with Gasteiger partial charge in [0.05, 0.1) is 11.9 Å². The van der Waals surface area contributed by atoms with Crippen molar-refractivity contribution in [3.8, 4) is 0 Å². The number of hydrazine groups is 1. The Bertz CT molecular complexity index is 557. The van der Waals surface area contributed by atoms with Crippen LogP contribution in [0.25, 0.3) is 0 Å². The van der Waals surface area contributed by atoms with Gasteiger partial charge in [-0.15, -0.1) is 0 Å². The molecule has 0 spiro atoms. The minimum absolute atomic E-state index is 0.195. The number of nitrogens with one attached hydrogen (secondary N) is 1. The van der Waals surface area contributed by atoms with Gasteiger partial charge >= 0.3 is 0 Å². The molecule has 2 aromatic rings. The van der Waals surface area contributed by atoms with Crippen molar-refractivity contribution < 1.29 is 4.39 Å². The van der Waals surface area contributed by atoms with Gasteiger partial charge in [-0.2, -0.15) is 4.98 Å². The fourth-order valence-corrected chi connectivity index (χ4v) is 1.37. The predicted octanol–water partition coefficient (Wildman–Crippen LogP) is 1.25. The Hall–Kier alpha value is -2.41. The molecule has 2 rings (SSSR count). The first kappa shape index (κ1) is 12.1. The summed E-state index contributed by atoms with van der Waals surface area (Å²) >= 11 is 0. The van der Waals surface area contributed by atoms with Crippen molar-refractivity contribution in [1.29, 1.82) is 0 Å². The molecule has 18 heavy (non-hydrogen) atoms. The molecule has 0 unspecified atom stereocenters. The lowest BCUT2D eigenvalue weighted by Gasteiger charge is -2.13. The van der Waals surface area contributed by atoms with E-state index in [1.807, 2.05) is 24.3 Å². The summed E-state index contributed by atoms with van der Waals surface area (Å²) in [6.45, 7) is 0. The molecule has 0 aliphatic heterocycles. The van der Waals surface area contributed by atoms with Gasteiger partial charge in [0, 0.05) is 12.7 Å². The van der Waals surface area contributed by atoms with E-state index in [0.29, 0.717) is 0 Å². The molecule has 7 heteroatoms. The summed E-state index contributed by atoms with van der Waals surface area (Å²) in [6.07, 6.45) is 1.02.